The maximum absolute atomic E-state index is 5.93. The third-order valence-corrected chi connectivity index (χ3v) is 3.78. The molecule has 2 atom stereocenters. The molecule has 3 heteroatoms. The van der Waals surface area contributed by atoms with Crippen molar-refractivity contribution in [2.75, 3.05) is 0 Å². The lowest BCUT2D eigenvalue weighted by Crippen LogP contribution is -2.14. The first-order valence-corrected chi connectivity index (χ1v) is 6.34. The summed E-state index contributed by atoms with van der Waals surface area (Å²) in [5.74, 6) is 0. The topological polar surface area (TPSA) is 18.5 Å². The molecule has 0 amide bonds. The highest BCUT2D eigenvalue weighted by molar-refractivity contribution is 6.43. The van der Waals surface area contributed by atoms with E-state index in [0.717, 1.165) is 0 Å². The summed E-state index contributed by atoms with van der Waals surface area (Å²) in [5, 5.41) is 0. The van der Waals surface area contributed by atoms with Crippen molar-refractivity contribution < 1.29 is 9.31 Å². The average Bonchev–Trinajstić information content (AvgIpc) is 2.81. The molecule has 1 aliphatic carbocycles. The fraction of sp³-hybridized carbons (Fsp3) is 0.200. The second-order valence-electron chi connectivity index (χ2n) is 4.86. The minimum atomic E-state index is -0.140. The van der Waals surface area contributed by atoms with Gasteiger partial charge in [-0.1, -0.05) is 48.5 Å². The third kappa shape index (κ3) is 1.32. The molecule has 1 heterocycles. The standard InChI is InChI=1S/C15H13BO2/c1-16-17-14-12-8-4-2-6-10(12)11-7-3-5-9-13(11)15(14)18-16/h2-9,14-15H,1H3/t14-,15-/m1/s1. The first-order valence-electron chi connectivity index (χ1n) is 6.34. The summed E-state index contributed by atoms with van der Waals surface area (Å²) < 4.78 is 11.9. The minimum absolute atomic E-state index is 0.0334. The van der Waals surface area contributed by atoms with Crippen LogP contribution in [-0.4, -0.2) is 7.12 Å². The Labute approximate surface area is 107 Å². The van der Waals surface area contributed by atoms with Gasteiger partial charge >= 0.3 is 7.12 Å². The molecule has 0 N–H and O–H groups in total. The van der Waals surface area contributed by atoms with Crippen LogP contribution in [0.15, 0.2) is 48.5 Å². The lowest BCUT2D eigenvalue weighted by molar-refractivity contribution is 0.157. The van der Waals surface area contributed by atoms with Gasteiger partial charge < -0.3 is 9.31 Å². The monoisotopic (exact) mass is 236 g/mol. The van der Waals surface area contributed by atoms with E-state index in [1.807, 2.05) is 6.82 Å². The van der Waals surface area contributed by atoms with Gasteiger partial charge in [0.1, 0.15) is 0 Å². The fourth-order valence-corrected chi connectivity index (χ4v) is 3.04. The number of rotatable bonds is 0. The van der Waals surface area contributed by atoms with Crippen molar-refractivity contribution in [3.05, 3.63) is 59.7 Å². The van der Waals surface area contributed by atoms with Gasteiger partial charge in [-0.05, 0) is 29.1 Å². The zero-order valence-electron chi connectivity index (χ0n) is 10.2. The summed E-state index contributed by atoms with van der Waals surface area (Å²) in [6, 6.07) is 16.9. The lowest BCUT2D eigenvalue weighted by atomic mass is 9.82. The maximum atomic E-state index is 5.93. The highest BCUT2D eigenvalue weighted by Gasteiger charge is 2.43. The lowest BCUT2D eigenvalue weighted by Gasteiger charge is -2.29. The number of hydrogen-bond acceptors (Lipinski definition) is 2. The Morgan fingerprint density at radius 3 is 1.72 bits per heavy atom. The van der Waals surface area contributed by atoms with Crippen molar-refractivity contribution >= 4 is 7.12 Å². The van der Waals surface area contributed by atoms with Crippen LogP contribution in [0.3, 0.4) is 0 Å². The highest BCUT2D eigenvalue weighted by atomic mass is 16.7. The van der Waals surface area contributed by atoms with Gasteiger partial charge in [-0.15, -0.1) is 0 Å². The Morgan fingerprint density at radius 1 is 0.778 bits per heavy atom. The van der Waals surface area contributed by atoms with E-state index in [0.29, 0.717) is 0 Å². The molecule has 0 saturated carbocycles. The van der Waals surface area contributed by atoms with E-state index >= 15 is 0 Å². The molecule has 2 aromatic rings. The summed E-state index contributed by atoms with van der Waals surface area (Å²) in [5.41, 5.74) is 5.02. The first-order chi connectivity index (χ1) is 8.84. The van der Waals surface area contributed by atoms with Crippen LogP contribution in [0.5, 0.6) is 0 Å². The molecule has 2 nitrogen and oxygen atoms in total. The second kappa shape index (κ2) is 3.71. The van der Waals surface area contributed by atoms with Gasteiger partial charge in [-0.25, -0.2) is 0 Å². The molecule has 2 aliphatic rings. The molecule has 0 bridgehead atoms. The summed E-state index contributed by atoms with van der Waals surface area (Å²) in [4.78, 5) is 0. The van der Waals surface area contributed by atoms with Crippen molar-refractivity contribution in [3.63, 3.8) is 0 Å². The number of fused-ring (bicyclic) bond motifs is 6. The Kier molecular flexibility index (Phi) is 2.13. The second-order valence-corrected chi connectivity index (χ2v) is 4.86. The molecule has 2 aromatic carbocycles. The molecule has 18 heavy (non-hydrogen) atoms. The summed E-state index contributed by atoms with van der Waals surface area (Å²) in [7, 11) is -0.140. The Morgan fingerprint density at radius 2 is 1.22 bits per heavy atom. The van der Waals surface area contributed by atoms with E-state index in [1.165, 1.54) is 22.3 Å². The van der Waals surface area contributed by atoms with E-state index in [-0.39, 0.29) is 19.3 Å². The predicted molar refractivity (Wildman–Crippen MR) is 71.1 cm³/mol. The predicted octanol–water partition coefficient (Wildman–Crippen LogP) is 3.61. The molecule has 1 aliphatic heterocycles. The average molecular weight is 236 g/mol. The van der Waals surface area contributed by atoms with Crippen LogP contribution in [0.2, 0.25) is 6.82 Å². The van der Waals surface area contributed by atoms with Crippen LogP contribution in [0.25, 0.3) is 11.1 Å². The zero-order valence-corrected chi connectivity index (χ0v) is 10.2. The molecular weight excluding hydrogens is 223 g/mol. The molecular formula is C15H13BO2. The van der Waals surface area contributed by atoms with E-state index in [2.05, 4.69) is 48.5 Å². The zero-order chi connectivity index (χ0) is 12.1. The number of benzene rings is 2. The van der Waals surface area contributed by atoms with Gasteiger partial charge in [0.15, 0.2) is 0 Å². The molecule has 0 spiro atoms. The largest absolute Gasteiger partial charge is 0.454 e. The van der Waals surface area contributed by atoms with Gasteiger partial charge in [0.05, 0.1) is 12.2 Å². The van der Waals surface area contributed by atoms with Gasteiger partial charge in [0.2, 0.25) is 0 Å². The SMILES string of the molecule is CB1O[C@@H]2c3ccccc3-c3ccccc3[C@H]2O1. The smallest absolute Gasteiger partial charge is 0.401 e. The van der Waals surface area contributed by atoms with Crippen molar-refractivity contribution in [3.8, 4) is 11.1 Å². The summed E-state index contributed by atoms with van der Waals surface area (Å²) in [6.45, 7) is 1.96. The van der Waals surface area contributed by atoms with Gasteiger partial charge in [-0.2, -0.15) is 0 Å². The van der Waals surface area contributed by atoms with Crippen LogP contribution in [0.1, 0.15) is 23.3 Å². The van der Waals surface area contributed by atoms with Crippen LogP contribution in [-0.2, 0) is 9.31 Å². The normalized spacial score (nSPS) is 24.4. The van der Waals surface area contributed by atoms with Crippen LogP contribution in [0, 0.1) is 0 Å². The van der Waals surface area contributed by atoms with Crippen LogP contribution >= 0.6 is 0 Å². The summed E-state index contributed by atoms with van der Waals surface area (Å²) in [6.07, 6.45) is 0.0669. The Balaban J connectivity index is 2.00. The Hall–Kier alpha value is -1.58. The molecule has 4 rings (SSSR count). The molecule has 0 unspecified atom stereocenters. The van der Waals surface area contributed by atoms with Crippen molar-refractivity contribution in [2.24, 2.45) is 0 Å². The van der Waals surface area contributed by atoms with E-state index in [1.54, 1.807) is 0 Å². The molecule has 1 saturated heterocycles. The van der Waals surface area contributed by atoms with Crippen molar-refractivity contribution in [1.82, 2.24) is 0 Å². The van der Waals surface area contributed by atoms with Gasteiger partial charge in [-0.3, -0.25) is 0 Å². The van der Waals surface area contributed by atoms with E-state index in [4.69, 9.17) is 9.31 Å². The number of hydrogen-bond donors (Lipinski definition) is 0. The van der Waals surface area contributed by atoms with Crippen LogP contribution < -0.4 is 0 Å². The molecule has 1 fully saturated rings. The Bertz CT molecular complexity index is 557. The van der Waals surface area contributed by atoms with Gasteiger partial charge in [0, 0.05) is 0 Å². The van der Waals surface area contributed by atoms with E-state index < -0.39 is 0 Å². The molecule has 0 aromatic heterocycles. The third-order valence-electron chi connectivity index (χ3n) is 3.78. The summed E-state index contributed by atoms with van der Waals surface area (Å²) >= 11 is 0. The highest BCUT2D eigenvalue weighted by Crippen LogP contribution is 2.51. The molecule has 88 valence electrons. The minimum Gasteiger partial charge on any atom is -0.401 e. The van der Waals surface area contributed by atoms with Crippen molar-refractivity contribution in [1.29, 1.82) is 0 Å². The molecule has 0 radical (unpaired) electrons. The van der Waals surface area contributed by atoms with Gasteiger partial charge in [0.25, 0.3) is 0 Å². The van der Waals surface area contributed by atoms with Crippen molar-refractivity contribution in [2.45, 2.75) is 19.0 Å². The van der Waals surface area contributed by atoms with E-state index in [9.17, 15) is 0 Å². The maximum Gasteiger partial charge on any atom is 0.454 e. The van der Waals surface area contributed by atoms with Crippen LogP contribution in [0.4, 0.5) is 0 Å². The quantitative estimate of drug-likeness (QED) is 0.650. The fourth-order valence-electron chi connectivity index (χ4n) is 3.04. The first kappa shape index (κ1) is 10.4.